The molecule has 0 aromatic heterocycles. The highest BCUT2D eigenvalue weighted by Crippen LogP contribution is 2.43. The number of hydrogen-bond acceptors (Lipinski definition) is 4. The number of nitrogens with zero attached hydrogens (tertiary/aromatic N) is 1. The minimum atomic E-state index is -3.78. The van der Waals surface area contributed by atoms with Crippen LogP contribution >= 0.6 is 7.94 Å². The Kier molecular flexibility index (Phi) is 2.13. The first-order chi connectivity index (χ1) is 3.06. The van der Waals surface area contributed by atoms with Crippen LogP contribution in [0.4, 0.5) is 0 Å². The molecule has 3 N–H and O–H groups in total. The number of hydrogen-bond donors (Lipinski definition) is 3. The van der Waals surface area contributed by atoms with E-state index in [9.17, 15) is 0 Å². The summed E-state index contributed by atoms with van der Waals surface area (Å²) in [7, 11) is -3.78. The summed E-state index contributed by atoms with van der Waals surface area (Å²) in [6.45, 7) is 0. The van der Waals surface area contributed by atoms with Gasteiger partial charge in [0.1, 0.15) is 6.07 Å². The van der Waals surface area contributed by atoms with Gasteiger partial charge in [-0.2, -0.15) is 19.9 Å². The molecule has 0 bridgehead atoms. The predicted octanol–water partition coefficient (Wildman–Crippen LogP) is -0.751. The quantitative estimate of drug-likeness (QED) is 0.399. The van der Waals surface area contributed by atoms with Crippen molar-refractivity contribution in [2.45, 2.75) is 0 Å². The Labute approximate surface area is 41.2 Å². The monoisotopic (exact) mass is 122 g/mol. The Morgan fingerprint density at radius 1 is 1.43 bits per heavy atom. The van der Waals surface area contributed by atoms with Crippen LogP contribution in [0.25, 0.3) is 0 Å². The van der Waals surface area contributed by atoms with Gasteiger partial charge in [-0.25, -0.2) is 0 Å². The summed E-state index contributed by atoms with van der Waals surface area (Å²) < 4.78 is 0. The molecule has 0 aliphatic carbocycles. The topological polar surface area (TPSA) is 84.5 Å². The largest absolute Gasteiger partial charge is 0.418 e. The Hall–Kier alpha value is -0.200. The van der Waals surface area contributed by atoms with E-state index < -0.39 is 14.1 Å². The van der Waals surface area contributed by atoms with Gasteiger partial charge in [-0.3, -0.25) is 0 Å². The summed E-state index contributed by atoms with van der Waals surface area (Å²) in [6, 6.07) is 1.41. The van der Waals surface area contributed by atoms with Crippen LogP contribution in [0.15, 0.2) is 0 Å². The van der Waals surface area contributed by atoms with Crippen molar-refractivity contribution >= 4 is 7.94 Å². The van der Waals surface area contributed by atoms with E-state index in [2.05, 4.69) is 0 Å². The van der Waals surface area contributed by atoms with Crippen molar-refractivity contribution in [1.82, 2.24) is 0 Å². The molecule has 0 fully saturated rings. The zero-order valence-corrected chi connectivity index (χ0v) is 4.34. The first-order valence-electron chi connectivity index (χ1n) is 1.49. The lowest BCUT2D eigenvalue weighted by atomic mass is 10.9. The summed E-state index contributed by atoms with van der Waals surface area (Å²) >= 11 is 0. The van der Waals surface area contributed by atoms with Gasteiger partial charge in [0.05, 0.1) is 0 Å². The molecule has 0 rings (SSSR count). The average molecular weight is 122 g/mol. The van der Waals surface area contributed by atoms with Crippen LogP contribution in [-0.4, -0.2) is 20.8 Å². The van der Waals surface area contributed by atoms with Crippen LogP contribution in [-0.2, 0) is 0 Å². The fourth-order valence-corrected chi connectivity index (χ4v) is 0.285. The summed E-state index contributed by atoms with van der Waals surface area (Å²) in [5.41, 5.74) is 0. The second-order valence-electron chi connectivity index (χ2n) is 1.01. The summed E-state index contributed by atoms with van der Waals surface area (Å²) in [5, 5.41) is 7.70. The van der Waals surface area contributed by atoms with Crippen LogP contribution in [0.2, 0.25) is 0 Å². The molecule has 0 amide bonds. The van der Waals surface area contributed by atoms with Gasteiger partial charge in [0, 0.05) is 0 Å². The van der Waals surface area contributed by atoms with Gasteiger partial charge in [0.25, 0.3) is 0 Å². The summed E-state index contributed by atoms with van der Waals surface area (Å²) in [5.74, 6) is 0. The summed E-state index contributed by atoms with van der Waals surface area (Å²) in [6.07, 6.45) is -0.576. The molecule has 0 unspecified atom stereocenters. The first kappa shape index (κ1) is 6.80. The fraction of sp³-hybridized carbons (Fsp3) is 0.500. The molecule has 0 radical (unpaired) electrons. The van der Waals surface area contributed by atoms with Crippen molar-refractivity contribution in [1.29, 1.82) is 5.26 Å². The van der Waals surface area contributed by atoms with Gasteiger partial charge in [-0.15, -0.1) is 0 Å². The normalized spacial score (nSPS) is 10.6. The van der Waals surface area contributed by atoms with Crippen molar-refractivity contribution in [3.8, 4) is 6.07 Å². The minimum absolute atomic E-state index is 0.576. The third-order valence-electron chi connectivity index (χ3n) is 0.283. The van der Waals surface area contributed by atoms with E-state index >= 15 is 0 Å². The lowest BCUT2D eigenvalue weighted by Crippen LogP contribution is -1.90. The molecule has 0 aromatic carbocycles. The highest BCUT2D eigenvalue weighted by Gasteiger charge is 2.28. The van der Waals surface area contributed by atoms with Crippen LogP contribution in [0.1, 0.15) is 0 Å². The fourth-order valence-electron chi connectivity index (χ4n) is 0.0949. The molecule has 0 aromatic rings. The third kappa shape index (κ3) is 5.80. The second kappa shape index (κ2) is 2.20. The van der Waals surface area contributed by atoms with E-state index in [0.29, 0.717) is 0 Å². The molecule has 0 heterocycles. The Balaban J connectivity index is 3.40. The molecule has 0 aliphatic rings. The zero-order valence-electron chi connectivity index (χ0n) is 3.44. The SMILES string of the molecule is N#CC[P+](O)(O)O. The Morgan fingerprint density at radius 3 is 1.86 bits per heavy atom. The zero-order chi connectivity index (χ0) is 5.91. The second-order valence-corrected chi connectivity index (χ2v) is 2.71. The molecule has 5 heteroatoms. The number of rotatable bonds is 1. The van der Waals surface area contributed by atoms with Gasteiger partial charge in [0.2, 0.25) is 6.16 Å². The molecule has 0 spiro atoms. The van der Waals surface area contributed by atoms with Gasteiger partial charge >= 0.3 is 7.94 Å². The van der Waals surface area contributed by atoms with Crippen molar-refractivity contribution in [2.75, 3.05) is 6.16 Å². The van der Waals surface area contributed by atoms with Crippen LogP contribution in [0.5, 0.6) is 0 Å². The van der Waals surface area contributed by atoms with Crippen LogP contribution in [0.3, 0.4) is 0 Å². The molecular weight excluding hydrogens is 117 g/mol. The van der Waals surface area contributed by atoms with E-state index in [1.165, 1.54) is 6.07 Å². The van der Waals surface area contributed by atoms with Gasteiger partial charge in [0.15, 0.2) is 0 Å². The van der Waals surface area contributed by atoms with E-state index in [0.717, 1.165) is 0 Å². The molecular formula is C2H5NO3P+. The molecule has 4 nitrogen and oxygen atoms in total. The molecule has 0 saturated heterocycles. The highest BCUT2D eigenvalue weighted by atomic mass is 31.2. The maximum absolute atomic E-state index is 8.02. The van der Waals surface area contributed by atoms with E-state index in [4.69, 9.17) is 19.9 Å². The smallest absolute Gasteiger partial charge is 0.194 e. The van der Waals surface area contributed by atoms with Gasteiger partial charge in [-0.1, -0.05) is 0 Å². The number of nitriles is 1. The molecule has 40 valence electrons. The van der Waals surface area contributed by atoms with Crippen molar-refractivity contribution < 1.29 is 14.7 Å². The molecule has 0 saturated carbocycles. The minimum Gasteiger partial charge on any atom is -0.194 e. The van der Waals surface area contributed by atoms with E-state index in [1.54, 1.807) is 0 Å². The third-order valence-corrected chi connectivity index (χ3v) is 0.849. The van der Waals surface area contributed by atoms with E-state index in [-0.39, 0.29) is 0 Å². The van der Waals surface area contributed by atoms with Gasteiger partial charge in [-0.05, 0) is 0 Å². The average Bonchev–Trinajstić information content (AvgIpc) is 1.30. The van der Waals surface area contributed by atoms with E-state index in [1.807, 2.05) is 0 Å². The van der Waals surface area contributed by atoms with Crippen molar-refractivity contribution in [3.05, 3.63) is 0 Å². The van der Waals surface area contributed by atoms with Crippen LogP contribution in [0, 0.1) is 11.3 Å². The molecule has 7 heavy (non-hydrogen) atoms. The standard InChI is InChI=1S/C2H5NO3P/c3-1-2-7(4,5)6/h4-6H,2H2/q+1. The van der Waals surface area contributed by atoms with Crippen LogP contribution < -0.4 is 0 Å². The molecule has 0 aliphatic heterocycles. The Bertz CT molecular complexity index is 90.1. The first-order valence-corrected chi connectivity index (χ1v) is 3.33. The van der Waals surface area contributed by atoms with Crippen molar-refractivity contribution in [3.63, 3.8) is 0 Å². The maximum atomic E-state index is 8.02. The molecule has 0 atom stereocenters. The highest BCUT2D eigenvalue weighted by molar-refractivity contribution is 7.58. The summed E-state index contributed by atoms with van der Waals surface area (Å²) in [4.78, 5) is 24.1. The maximum Gasteiger partial charge on any atom is 0.418 e. The predicted molar refractivity (Wildman–Crippen MR) is 24.1 cm³/mol. The lowest BCUT2D eigenvalue weighted by molar-refractivity contribution is 0.335. The van der Waals surface area contributed by atoms with Crippen molar-refractivity contribution in [2.24, 2.45) is 0 Å². The Morgan fingerprint density at radius 2 is 1.86 bits per heavy atom. The van der Waals surface area contributed by atoms with Gasteiger partial charge < -0.3 is 0 Å². The lowest BCUT2D eigenvalue weighted by Gasteiger charge is -1.93.